The van der Waals surface area contributed by atoms with Gasteiger partial charge in [0, 0.05) is 30.6 Å². The van der Waals surface area contributed by atoms with E-state index in [1.165, 1.54) is 12.1 Å². The fourth-order valence-corrected chi connectivity index (χ4v) is 5.32. The summed E-state index contributed by atoms with van der Waals surface area (Å²) in [5, 5.41) is 33.0. The van der Waals surface area contributed by atoms with E-state index in [0.29, 0.717) is 39.0 Å². The van der Waals surface area contributed by atoms with Crippen molar-refractivity contribution in [2.45, 2.75) is 39.0 Å². The molecule has 1 aromatic heterocycles. The SMILES string of the molecule is CCc1cc(O)c(F)cc1-c1ccc2c(N3Cc4c(CNC(=O)N5CC[C@H](O)C5)cccc4N3)n[nH]c2c1. The van der Waals surface area contributed by atoms with E-state index in [9.17, 15) is 19.4 Å². The summed E-state index contributed by atoms with van der Waals surface area (Å²) >= 11 is 0. The number of aryl methyl sites for hydroxylation is 1. The van der Waals surface area contributed by atoms with Crippen molar-refractivity contribution in [3.63, 3.8) is 0 Å². The molecule has 196 valence electrons. The molecule has 6 rings (SSSR count). The smallest absolute Gasteiger partial charge is 0.317 e. The van der Waals surface area contributed by atoms with Crippen LogP contribution < -0.4 is 15.8 Å². The second-order valence-corrected chi connectivity index (χ2v) is 9.81. The number of hydrogen-bond donors (Lipinski definition) is 5. The summed E-state index contributed by atoms with van der Waals surface area (Å²) in [7, 11) is 0. The molecule has 5 N–H and O–H groups in total. The molecule has 0 bridgehead atoms. The first-order valence-corrected chi connectivity index (χ1v) is 12.8. The average Bonchev–Trinajstić information content (AvgIpc) is 3.66. The van der Waals surface area contributed by atoms with Crippen molar-refractivity contribution >= 4 is 28.4 Å². The third kappa shape index (κ3) is 4.26. The number of anilines is 2. The van der Waals surface area contributed by atoms with Gasteiger partial charge in [0.05, 0.1) is 23.9 Å². The first-order valence-electron chi connectivity index (χ1n) is 12.8. The van der Waals surface area contributed by atoms with Crippen molar-refractivity contribution in [3.8, 4) is 16.9 Å². The number of aromatic amines is 1. The Bertz CT molecular complexity index is 1540. The Kier molecular flexibility index (Phi) is 6.03. The van der Waals surface area contributed by atoms with Crippen LogP contribution in [0.4, 0.5) is 20.7 Å². The van der Waals surface area contributed by atoms with Crippen LogP contribution in [0.25, 0.3) is 22.0 Å². The normalized spacial score (nSPS) is 16.7. The van der Waals surface area contributed by atoms with Crippen LogP contribution in [0, 0.1) is 5.82 Å². The van der Waals surface area contributed by atoms with Crippen molar-refractivity contribution < 1.29 is 19.4 Å². The van der Waals surface area contributed by atoms with Gasteiger partial charge in [0.2, 0.25) is 0 Å². The summed E-state index contributed by atoms with van der Waals surface area (Å²) in [6.45, 7) is 3.84. The fourth-order valence-electron chi connectivity index (χ4n) is 5.32. The van der Waals surface area contributed by atoms with Crippen LogP contribution >= 0.6 is 0 Å². The number of phenolic OH excluding ortho intramolecular Hbond substituents is 1. The Labute approximate surface area is 218 Å². The highest BCUT2D eigenvalue weighted by Crippen LogP contribution is 2.36. The number of amides is 2. The number of carbonyl (C=O) groups is 1. The molecule has 10 heteroatoms. The molecule has 1 saturated heterocycles. The molecule has 4 aromatic rings. The summed E-state index contributed by atoms with van der Waals surface area (Å²) in [5.41, 5.74) is 9.70. The number of nitrogens with zero attached hydrogens (tertiary/aromatic N) is 3. The maximum absolute atomic E-state index is 14.1. The number of hydrazine groups is 1. The third-order valence-corrected chi connectivity index (χ3v) is 7.39. The lowest BCUT2D eigenvalue weighted by Crippen LogP contribution is -2.38. The Hall–Kier alpha value is -4.31. The number of nitrogens with one attached hydrogen (secondary N) is 3. The maximum Gasteiger partial charge on any atom is 0.317 e. The van der Waals surface area contributed by atoms with Gasteiger partial charge < -0.3 is 20.4 Å². The number of benzene rings is 3. The van der Waals surface area contributed by atoms with Crippen LogP contribution in [0.3, 0.4) is 0 Å². The summed E-state index contributed by atoms with van der Waals surface area (Å²) in [5.74, 6) is -0.257. The van der Waals surface area contributed by atoms with Gasteiger partial charge in [-0.3, -0.25) is 15.5 Å². The van der Waals surface area contributed by atoms with Gasteiger partial charge in [0.1, 0.15) is 0 Å². The lowest BCUT2D eigenvalue weighted by Gasteiger charge is -2.17. The van der Waals surface area contributed by atoms with E-state index in [0.717, 1.165) is 50.2 Å². The predicted molar refractivity (Wildman–Crippen MR) is 143 cm³/mol. The van der Waals surface area contributed by atoms with Gasteiger partial charge in [0.25, 0.3) is 0 Å². The molecule has 0 saturated carbocycles. The molecule has 3 aromatic carbocycles. The first kappa shape index (κ1) is 24.1. The van der Waals surface area contributed by atoms with E-state index in [-0.39, 0.29) is 11.8 Å². The van der Waals surface area contributed by atoms with Gasteiger partial charge in [0.15, 0.2) is 17.4 Å². The van der Waals surface area contributed by atoms with Crippen LogP contribution in [-0.2, 0) is 19.5 Å². The lowest BCUT2D eigenvalue weighted by atomic mass is 9.96. The molecule has 0 spiro atoms. The van der Waals surface area contributed by atoms with Gasteiger partial charge in [-0.05, 0) is 65.4 Å². The molecule has 38 heavy (non-hydrogen) atoms. The second kappa shape index (κ2) is 9.53. The van der Waals surface area contributed by atoms with E-state index in [2.05, 4.69) is 20.9 Å². The summed E-state index contributed by atoms with van der Waals surface area (Å²) in [6, 6.07) is 14.5. The molecule has 0 unspecified atom stereocenters. The van der Waals surface area contributed by atoms with Gasteiger partial charge in [-0.25, -0.2) is 9.18 Å². The molecule has 9 nitrogen and oxygen atoms in total. The summed E-state index contributed by atoms with van der Waals surface area (Å²) < 4.78 is 14.1. The number of urea groups is 1. The van der Waals surface area contributed by atoms with Crippen molar-refractivity contribution in [3.05, 3.63) is 71.0 Å². The van der Waals surface area contributed by atoms with E-state index < -0.39 is 11.9 Å². The molecule has 1 atom stereocenters. The van der Waals surface area contributed by atoms with E-state index in [1.54, 1.807) is 4.90 Å². The van der Waals surface area contributed by atoms with Gasteiger partial charge >= 0.3 is 6.03 Å². The number of likely N-dealkylation sites (tertiary alicyclic amines) is 1. The minimum Gasteiger partial charge on any atom is -0.505 e. The van der Waals surface area contributed by atoms with E-state index in [1.807, 2.05) is 48.3 Å². The molecule has 1 fully saturated rings. The van der Waals surface area contributed by atoms with Gasteiger partial charge in [-0.15, -0.1) is 0 Å². The van der Waals surface area contributed by atoms with Crippen LogP contribution in [-0.4, -0.2) is 50.5 Å². The highest BCUT2D eigenvalue weighted by molar-refractivity contribution is 5.94. The Morgan fingerprint density at radius 1 is 1.21 bits per heavy atom. The molecule has 3 heterocycles. The molecule has 0 radical (unpaired) electrons. The molecule has 2 aliphatic rings. The third-order valence-electron chi connectivity index (χ3n) is 7.39. The van der Waals surface area contributed by atoms with Crippen molar-refractivity contribution in [2.24, 2.45) is 0 Å². The highest BCUT2D eigenvalue weighted by Gasteiger charge is 2.27. The predicted octanol–water partition coefficient (Wildman–Crippen LogP) is 4.26. The number of fused-ring (bicyclic) bond motifs is 2. The van der Waals surface area contributed by atoms with Gasteiger partial charge in [-0.2, -0.15) is 5.10 Å². The minimum atomic E-state index is -0.647. The van der Waals surface area contributed by atoms with Crippen LogP contribution in [0.2, 0.25) is 0 Å². The Morgan fingerprint density at radius 3 is 2.87 bits per heavy atom. The number of aromatic hydroxyl groups is 1. The zero-order valence-corrected chi connectivity index (χ0v) is 21.0. The standard InChI is InChI=1S/C28H29FN6O3/c1-2-16-11-26(37)23(29)12-21(16)17-6-7-20-25(10-17)31-32-27(20)35-15-22-18(4-3-5-24(22)33-35)13-30-28(38)34-9-8-19(36)14-34/h3-7,10-12,19,33,36-37H,2,8-9,13-15H2,1H3,(H,30,38)(H,31,32)/t19-/m0/s1. The van der Waals surface area contributed by atoms with Gasteiger partial charge in [-0.1, -0.05) is 25.1 Å². The number of aliphatic hydroxyl groups is 1. The quantitative estimate of drug-likeness (QED) is 0.271. The topological polar surface area (TPSA) is 117 Å². The number of halogens is 1. The lowest BCUT2D eigenvalue weighted by molar-refractivity contribution is 0.171. The van der Waals surface area contributed by atoms with E-state index in [4.69, 9.17) is 0 Å². The molecular weight excluding hydrogens is 487 g/mol. The number of phenols is 1. The monoisotopic (exact) mass is 516 g/mol. The van der Waals surface area contributed by atoms with E-state index >= 15 is 0 Å². The number of aromatic nitrogens is 2. The number of aliphatic hydroxyl groups excluding tert-OH is 1. The van der Waals surface area contributed by atoms with Crippen LogP contribution in [0.1, 0.15) is 30.0 Å². The molecule has 2 amide bonds. The minimum absolute atomic E-state index is 0.171. The largest absolute Gasteiger partial charge is 0.505 e. The number of β-amino-alcohol motifs (C(OH)–C–C–N with tert-alkyl or cyclic N) is 1. The Morgan fingerprint density at radius 2 is 2.08 bits per heavy atom. The summed E-state index contributed by atoms with van der Waals surface area (Å²) in [4.78, 5) is 14.1. The zero-order chi connectivity index (χ0) is 26.4. The van der Waals surface area contributed by atoms with Crippen molar-refractivity contribution in [1.82, 2.24) is 20.4 Å². The van der Waals surface area contributed by atoms with Crippen LogP contribution in [0.5, 0.6) is 5.75 Å². The van der Waals surface area contributed by atoms with Crippen molar-refractivity contribution in [2.75, 3.05) is 23.5 Å². The summed E-state index contributed by atoms with van der Waals surface area (Å²) in [6.07, 6.45) is 0.821. The highest BCUT2D eigenvalue weighted by atomic mass is 19.1. The van der Waals surface area contributed by atoms with Crippen LogP contribution in [0.15, 0.2) is 48.5 Å². The molecular formula is C28H29FN6O3. The van der Waals surface area contributed by atoms with Crippen molar-refractivity contribution in [1.29, 1.82) is 0 Å². The fraction of sp³-hybridized carbons (Fsp3) is 0.286. The molecule has 0 aliphatic carbocycles. The zero-order valence-electron chi connectivity index (χ0n) is 21.0. The molecule has 2 aliphatic heterocycles. The average molecular weight is 517 g/mol. The second-order valence-electron chi connectivity index (χ2n) is 9.81. The number of H-pyrrole nitrogens is 1. The number of hydrogen-bond acceptors (Lipinski definition) is 6. The Balaban J connectivity index is 1.22. The maximum atomic E-state index is 14.1. The number of carbonyl (C=O) groups excluding carboxylic acids is 1. The number of rotatable bonds is 5. The first-order chi connectivity index (χ1) is 18.4.